The molecule has 0 radical (unpaired) electrons. The molecule has 0 aliphatic carbocycles. The molecule has 0 aliphatic heterocycles. The molecule has 0 amide bonds. The number of hydrogen-bond donors (Lipinski definition) is 2. The number of nitro benzene ring substituents is 2. The standard InChI is InChI=1S/C18H18N4O5/c23-13-10-14-6-5-8-16(18(14)22(26)27)20-12-4-3-11-19-15-7-1-2-9-17(15)21(24)25/h1-9,13,19-20H,10-12H2/b4-3+. The van der Waals surface area contributed by atoms with Gasteiger partial charge in [-0.2, -0.15) is 0 Å². The van der Waals surface area contributed by atoms with Crippen LogP contribution in [0, 0.1) is 20.2 Å². The van der Waals surface area contributed by atoms with E-state index >= 15 is 0 Å². The lowest BCUT2D eigenvalue weighted by Crippen LogP contribution is -2.06. The molecule has 0 atom stereocenters. The maximum absolute atomic E-state index is 11.3. The summed E-state index contributed by atoms with van der Waals surface area (Å²) in [5.41, 5.74) is 0.970. The van der Waals surface area contributed by atoms with Crippen LogP contribution in [0.4, 0.5) is 22.7 Å². The largest absolute Gasteiger partial charge is 0.376 e. The fourth-order valence-corrected chi connectivity index (χ4v) is 2.49. The van der Waals surface area contributed by atoms with E-state index in [1.54, 1.807) is 48.6 Å². The van der Waals surface area contributed by atoms with Crippen LogP contribution in [0.1, 0.15) is 5.56 Å². The van der Waals surface area contributed by atoms with E-state index < -0.39 is 9.85 Å². The van der Waals surface area contributed by atoms with Gasteiger partial charge in [0, 0.05) is 31.1 Å². The SMILES string of the molecule is O=CCc1cccc(NC/C=C/CNc2ccccc2[N+](=O)[O-])c1[N+](=O)[O-]. The number of para-hydroxylation sites is 3. The van der Waals surface area contributed by atoms with Crippen molar-refractivity contribution >= 4 is 29.0 Å². The molecule has 9 nitrogen and oxygen atoms in total. The van der Waals surface area contributed by atoms with Gasteiger partial charge < -0.3 is 15.4 Å². The van der Waals surface area contributed by atoms with Crippen molar-refractivity contribution in [2.75, 3.05) is 23.7 Å². The van der Waals surface area contributed by atoms with Crippen molar-refractivity contribution in [3.05, 3.63) is 80.4 Å². The molecule has 9 heteroatoms. The predicted octanol–water partition coefficient (Wildman–Crippen LogP) is 3.32. The highest BCUT2D eigenvalue weighted by atomic mass is 16.6. The first kappa shape index (κ1) is 19.6. The van der Waals surface area contributed by atoms with Gasteiger partial charge in [0.25, 0.3) is 11.4 Å². The van der Waals surface area contributed by atoms with E-state index in [-0.39, 0.29) is 17.8 Å². The van der Waals surface area contributed by atoms with Crippen molar-refractivity contribution in [3.8, 4) is 0 Å². The Bertz CT molecular complexity index is 867. The zero-order chi connectivity index (χ0) is 19.6. The molecule has 0 heterocycles. The zero-order valence-corrected chi connectivity index (χ0v) is 14.3. The average Bonchev–Trinajstić information content (AvgIpc) is 2.65. The Morgan fingerprint density at radius 3 is 2.11 bits per heavy atom. The predicted molar refractivity (Wildman–Crippen MR) is 102 cm³/mol. The quantitative estimate of drug-likeness (QED) is 0.284. The first-order valence-electron chi connectivity index (χ1n) is 8.10. The van der Waals surface area contributed by atoms with Crippen LogP contribution in [0.3, 0.4) is 0 Å². The van der Waals surface area contributed by atoms with Gasteiger partial charge in [0.2, 0.25) is 0 Å². The second-order valence-electron chi connectivity index (χ2n) is 5.45. The number of anilines is 2. The van der Waals surface area contributed by atoms with Crippen LogP contribution in [-0.2, 0) is 11.2 Å². The number of carbonyl (C=O) groups is 1. The molecule has 2 rings (SSSR count). The summed E-state index contributed by atoms with van der Waals surface area (Å²) in [6.45, 7) is 0.684. The Kier molecular flexibility index (Phi) is 7.00. The van der Waals surface area contributed by atoms with Gasteiger partial charge in [-0.1, -0.05) is 36.4 Å². The number of nitrogens with one attached hydrogen (secondary N) is 2. The van der Waals surface area contributed by atoms with Gasteiger partial charge >= 0.3 is 0 Å². The molecule has 0 unspecified atom stereocenters. The minimum atomic E-state index is -0.513. The molecule has 0 spiro atoms. The second kappa shape index (κ2) is 9.66. The molecule has 140 valence electrons. The third-order valence-electron chi connectivity index (χ3n) is 3.69. The van der Waals surface area contributed by atoms with Crippen molar-refractivity contribution in [2.24, 2.45) is 0 Å². The van der Waals surface area contributed by atoms with Gasteiger partial charge in [-0.05, 0) is 12.1 Å². The molecule has 0 fully saturated rings. The van der Waals surface area contributed by atoms with Gasteiger partial charge in [0.15, 0.2) is 0 Å². The number of carbonyl (C=O) groups excluding carboxylic acids is 1. The Labute approximate surface area is 155 Å². The molecule has 0 aliphatic rings. The number of aldehydes is 1. The van der Waals surface area contributed by atoms with Crippen LogP contribution in [0.25, 0.3) is 0 Å². The summed E-state index contributed by atoms with van der Waals surface area (Å²) in [7, 11) is 0. The third kappa shape index (κ3) is 5.36. The van der Waals surface area contributed by atoms with Crippen LogP contribution in [-0.4, -0.2) is 29.2 Å². The molecule has 0 saturated heterocycles. The van der Waals surface area contributed by atoms with Gasteiger partial charge in [-0.3, -0.25) is 20.2 Å². The molecule has 0 aromatic heterocycles. The lowest BCUT2D eigenvalue weighted by molar-refractivity contribution is -0.384. The van der Waals surface area contributed by atoms with Crippen LogP contribution in [0.5, 0.6) is 0 Å². The van der Waals surface area contributed by atoms with Crippen LogP contribution in [0.2, 0.25) is 0 Å². The fraction of sp³-hybridized carbons (Fsp3) is 0.167. The van der Waals surface area contributed by atoms with Crippen LogP contribution in [0.15, 0.2) is 54.6 Å². The summed E-state index contributed by atoms with van der Waals surface area (Å²) in [4.78, 5) is 31.9. The number of nitro groups is 2. The fourth-order valence-electron chi connectivity index (χ4n) is 2.49. The minimum absolute atomic E-state index is 0.00774. The zero-order valence-electron chi connectivity index (χ0n) is 14.3. The average molecular weight is 370 g/mol. The number of benzene rings is 2. The lowest BCUT2D eigenvalue weighted by atomic mass is 10.1. The molecule has 0 saturated carbocycles. The summed E-state index contributed by atoms with van der Waals surface area (Å²) in [6.07, 6.45) is 4.10. The highest BCUT2D eigenvalue weighted by Gasteiger charge is 2.18. The summed E-state index contributed by atoms with van der Waals surface area (Å²) >= 11 is 0. The highest BCUT2D eigenvalue weighted by molar-refractivity contribution is 5.70. The summed E-state index contributed by atoms with van der Waals surface area (Å²) in [5, 5.41) is 28.1. The second-order valence-corrected chi connectivity index (χ2v) is 5.45. The van der Waals surface area contributed by atoms with Crippen molar-refractivity contribution in [1.29, 1.82) is 0 Å². The minimum Gasteiger partial charge on any atom is -0.376 e. The Morgan fingerprint density at radius 1 is 0.852 bits per heavy atom. The van der Waals surface area contributed by atoms with Crippen LogP contribution < -0.4 is 10.6 Å². The third-order valence-corrected chi connectivity index (χ3v) is 3.69. The van der Waals surface area contributed by atoms with E-state index in [0.717, 1.165) is 0 Å². The lowest BCUT2D eigenvalue weighted by Gasteiger charge is -2.07. The molecule has 2 N–H and O–H groups in total. The summed E-state index contributed by atoms with van der Waals surface area (Å²) in [5.74, 6) is 0. The topological polar surface area (TPSA) is 127 Å². The molecular formula is C18H18N4O5. The van der Waals surface area contributed by atoms with Gasteiger partial charge in [-0.15, -0.1) is 0 Å². The molecule has 2 aromatic carbocycles. The number of rotatable bonds is 10. The van der Waals surface area contributed by atoms with Crippen molar-refractivity contribution in [2.45, 2.75) is 6.42 Å². The van der Waals surface area contributed by atoms with Crippen molar-refractivity contribution in [1.82, 2.24) is 0 Å². The Morgan fingerprint density at radius 2 is 1.48 bits per heavy atom. The Hall–Kier alpha value is -3.75. The summed E-state index contributed by atoms with van der Waals surface area (Å²) in [6, 6.07) is 11.1. The first-order chi connectivity index (χ1) is 13.0. The Balaban J connectivity index is 1.93. The molecule has 0 bridgehead atoms. The van der Waals surface area contributed by atoms with Crippen molar-refractivity contribution < 1.29 is 14.6 Å². The van der Waals surface area contributed by atoms with E-state index in [1.807, 2.05) is 0 Å². The maximum atomic E-state index is 11.3. The number of nitrogens with zero attached hydrogens (tertiary/aromatic N) is 2. The van der Waals surface area contributed by atoms with Crippen molar-refractivity contribution in [3.63, 3.8) is 0 Å². The van der Waals surface area contributed by atoms with Crippen LogP contribution >= 0.6 is 0 Å². The highest BCUT2D eigenvalue weighted by Crippen LogP contribution is 2.28. The first-order valence-corrected chi connectivity index (χ1v) is 8.10. The van der Waals surface area contributed by atoms with Gasteiger partial charge in [-0.25, -0.2) is 0 Å². The van der Waals surface area contributed by atoms with E-state index in [1.165, 1.54) is 6.07 Å². The van der Waals surface area contributed by atoms with Gasteiger partial charge in [0.1, 0.15) is 17.7 Å². The molecular weight excluding hydrogens is 352 g/mol. The normalized spacial score (nSPS) is 10.5. The monoisotopic (exact) mass is 370 g/mol. The van der Waals surface area contributed by atoms with E-state index in [4.69, 9.17) is 0 Å². The summed E-state index contributed by atoms with van der Waals surface area (Å²) < 4.78 is 0. The molecule has 2 aromatic rings. The smallest absolute Gasteiger partial charge is 0.295 e. The van der Waals surface area contributed by atoms with E-state index in [9.17, 15) is 25.0 Å². The number of hydrogen-bond acceptors (Lipinski definition) is 7. The van der Waals surface area contributed by atoms with E-state index in [2.05, 4.69) is 10.6 Å². The van der Waals surface area contributed by atoms with E-state index in [0.29, 0.717) is 36.3 Å². The maximum Gasteiger partial charge on any atom is 0.295 e. The molecule has 27 heavy (non-hydrogen) atoms. The van der Waals surface area contributed by atoms with Gasteiger partial charge in [0.05, 0.1) is 9.85 Å².